The molecule has 3 heteroatoms. The quantitative estimate of drug-likeness (QED) is 0.685. The van der Waals surface area contributed by atoms with E-state index in [0.717, 1.165) is 11.3 Å². The molecule has 0 saturated heterocycles. The zero-order valence-corrected chi connectivity index (χ0v) is 8.36. The van der Waals surface area contributed by atoms with Crippen LogP contribution in [0.1, 0.15) is 17.7 Å². The summed E-state index contributed by atoms with van der Waals surface area (Å²) in [4.78, 5) is 15.0. The van der Waals surface area contributed by atoms with Crippen molar-refractivity contribution in [1.82, 2.24) is 4.98 Å². The number of nitrogens with zero attached hydrogens (tertiary/aromatic N) is 1. The van der Waals surface area contributed by atoms with Crippen LogP contribution in [0.3, 0.4) is 0 Å². The monoisotopic (exact) mass is 191 g/mol. The third-order valence-electron chi connectivity index (χ3n) is 1.84. The number of carbonyl (C=O) groups is 1. The average molecular weight is 191 g/mol. The van der Waals surface area contributed by atoms with Gasteiger partial charge in [0.15, 0.2) is 0 Å². The van der Waals surface area contributed by atoms with Crippen molar-refractivity contribution in [3.8, 4) is 0 Å². The molecule has 0 atom stereocenters. The summed E-state index contributed by atoms with van der Waals surface area (Å²) in [5, 5.41) is 0. The number of rotatable bonds is 3. The number of hydrogen-bond acceptors (Lipinski definition) is 3. The summed E-state index contributed by atoms with van der Waals surface area (Å²) in [7, 11) is 1.38. The molecule has 0 aliphatic rings. The van der Waals surface area contributed by atoms with Crippen LogP contribution in [-0.4, -0.2) is 18.1 Å². The van der Waals surface area contributed by atoms with Gasteiger partial charge in [0.2, 0.25) is 0 Å². The van der Waals surface area contributed by atoms with Crippen LogP contribution in [0.5, 0.6) is 0 Å². The van der Waals surface area contributed by atoms with Crippen molar-refractivity contribution in [2.45, 2.75) is 13.3 Å². The largest absolute Gasteiger partial charge is 0.469 e. The molecular weight excluding hydrogens is 178 g/mol. The number of methoxy groups -OCH3 is 1. The summed E-state index contributed by atoms with van der Waals surface area (Å²) in [6.45, 7) is 1.98. The molecule has 0 radical (unpaired) electrons. The minimum absolute atomic E-state index is 0.241. The molecule has 0 aromatic carbocycles. The normalized spacial score (nSPS) is 10.4. The Morgan fingerprint density at radius 1 is 1.64 bits per heavy atom. The molecule has 0 amide bonds. The molecule has 0 aliphatic heterocycles. The molecule has 0 spiro atoms. The molecule has 0 N–H and O–H groups in total. The second kappa shape index (κ2) is 5.17. The maximum atomic E-state index is 10.8. The fourth-order valence-electron chi connectivity index (χ4n) is 1.02. The van der Waals surface area contributed by atoms with Gasteiger partial charge >= 0.3 is 5.97 Å². The van der Waals surface area contributed by atoms with Crippen molar-refractivity contribution in [2.75, 3.05) is 7.11 Å². The van der Waals surface area contributed by atoms with Crippen LogP contribution in [0.2, 0.25) is 0 Å². The Morgan fingerprint density at radius 3 is 3.07 bits per heavy atom. The molecular formula is C11H13NO2. The van der Waals surface area contributed by atoms with E-state index in [-0.39, 0.29) is 12.4 Å². The molecule has 1 heterocycles. The standard InChI is InChI=1S/C11H13NO2/c1-9-5-4-8-12-10(9)6-3-7-11(13)14-2/h3-6,8H,7H2,1-2H3. The van der Waals surface area contributed by atoms with E-state index in [1.165, 1.54) is 7.11 Å². The summed E-state index contributed by atoms with van der Waals surface area (Å²) >= 11 is 0. The van der Waals surface area contributed by atoms with Gasteiger partial charge in [-0.15, -0.1) is 0 Å². The predicted molar refractivity (Wildman–Crippen MR) is 54.6 cm³/mol. The number of ether oxygens (including phenoxy) is 1. The third-order valence-corrected chi connectivity index (χ3v) is 1.84. The first-order valence-electron chi connectivity index (χ1n) is 4.39. The van der Waals surface area contributed by atoms with Gasteiger partial charge in [-0.25, -0.2) is 0 Å². The molecule has 74 valence electrons. The maximum absolute atomic E-state index is 10.8. The van der Waals surface area contributed by atoms with Crippen molar-refractivity contribution in [1.29, 1.82) is 0 Å². The number of hydrogen-bond donors (Lipinski definition) is 0. The highest BCUT2D eigenvalue weighted by Crippen LogP contribution is 2.05. The van der Waals surface area contributed by atoms with Gasteiger partial charge in [0.25, 0.3) is 0 Å². The highest BCUT2D eigenvalue weighted by Gasteiger charge is 1.96. The van der Waals surface area contributed by atoms with Gasteiger partial charge < -0.3 is 4.74 Å². The van der Waals surface area contributed by atoms with E-state index in [1.54, 1.807) is 12.3 Å². The van der Waals surface area contributed by atoms with Gasteiger partial charge in [0.05, 0.1) is 19.2 Å². The number of carbonyl (C=O) groups excluding carboxylic acids is 1. The zero-order chi connectivity index (χ0) is 10.4. The molecule has 0 saturated carbocycles. The molecule has 3 nitrogen and oxygen atoms in total. The van der Waals surface area contributed by atoms with Crippen LogP contribution in [0.4, 0.5) is 0 Å². The van der Waals surface area contributed by atoms with E-state index in [2.05, 4.69) is 9.72 Å². The first kappa shape index (κ1) is 10.4. The minimum atomic E-state index is -0.241. The lowest BCUT2D eigenvalue weighted by Gasteiger charge is -1.97. The second-order valence-corrected chi connectivity index (χ2v) is 2.89. The summed E-state index contributed by atoms with van der Waals surface area (Å²) in [5.74, 6) is -0.241. The Hall–Kier alpha value is -1.64. The van der Waals surface area contributed by atoms with Crippen LogP contribution in [0.15, 0.2) is 24.4 Å². The Kier molecular flexibility index (Phi) is 3.85. The highest BCUT2D eigenvalue weighted by molar-refractivity contribution is 5.72. The first-order chi connectivity index (χ1) is 6.74. The maximum Gasteiger partial charge on any atom is 0.309 e. The summed E-state index contributed by atoms with van der Waals surface area (Å²) in [6, 6.07) is 3.86. The molecule has 1 rings (SSSR count). The number of aryl methyl sites for hydroxylation is 1. The van der Waals surface area contributed by atoms with E-state index in [9.17, 15) is 4.79 Å². The van der Waals surface area contributed by atoms with Crippen molar-refractivity contribution in [3.63, 3.8) is 0 Å². The summed E-state index contributed by atoms with van der Waals surface area (Å²) in [5.41, 5.74) is 1.98. The molecule has 0 unspecified atom stereocenters. The van der Waals surface area contributed by atoms with Gasteiger partial charge in [-0.2, -0.15) is 0 Å². The summed E-state index contributed by atoms with van der Waals surface area (Å²) < 4.78 is 4.51. The molecule has 14 heavy (non-hydrogen) atoms. The highest BCUT2D eigenvalue weighted by atomic mass is 16.5. The minimum Gasteiger partial charge on any atom is -0.469 e. The Bertz CT molecular complexity index is 345. The predicted octanol–water partition coefficient (Wildman–Crippen LogP) is 1.97. The second-order valence-electron chi connectivity index (χ2n) is 2.89. The Balaban J connectivity index is 2.60. The number of aromatic nitrogens is 1. The molecule has 1 aromatic rings. The van der Waals surface area contributed by atoms with E-state index >= 15 is 0 Å². The average Bonchev–Trinajstić information content (AvgIpc) is 2.20. The SMILES string of the molecule is COC(=O)CC=Cc1ncccc1C. The van der Waals surface area contributed by atoms with Gasteiger partial charge in [-0.3, -0.25) is 9.78 Å². The summed E-state index contributed by atoms with van der Waals surface area (Å²) in [6.07, 6.45) is 5.59. The van der Waals surface area contributed by atoms with Crippen molar-refractivity contribution < 1.29 is 9.53 Å². The topological polar surface area (TPSA) is 39.2 Å². The van der Waals surface area contributed by atoms with E-state index < -0.39 is 0 Å². The molecule has 1 aromatic heterocycles. The molecule has 0 bridgehead atoms. The van der Waals surface area contributed by atoms with E-state index in [1.807, 2.05) is 25.1 Å². The van der Waals surface area contributed by atoms with E-state index in [4.69, 9.17) is 0 Å². The molecule has 0 aliphatic carbocycles. The smallest absolute Gasteiger partial charge is 0.309 e. The lowest BCUT2D eigenvalue weighted by atomic mass is 10.2. The van der Waals surface area contributed by atoms with Gasteiger partial charge in [0.1, 0.15) is 0 Å². The van der Waals surface area contributed by atoms with E-state index in [0.29, 0.717) is 0 Å². The Morgan fingerprint density at radius 2 is 2.43 bits per heavy atom. The fraction of sp³-hybridized carbons (Fsp3) is 0.273. The first-order valence-corrected chi connectivity index (χ1v) is 4.39. The van der Waals surface area contributed by atoms with Crippen LogP contribution >= 0.6 is 0 Å². The van der Waals surface area contributed by atoms with Crippen LogP contribution in [0, 0.1) is 6.92 Å². The zero-order valence-electron chi connectivity index (χ0n) is 8.36. The molecule has 0 fully saturated rings. The van der Waals surface area contributed by atoms with Crippen LogP contribution < -0.4 is 0 Å². The van der Waals surface area contributed by atoms with Gasteiger partial charge in [0, 0.05) is 6.20 Å². The van der Waals surface area contributed by atoms with Crippen molar-refractivity contribution in [3.05, 3.63) is 35.7 Å². The van der Waals surface area contributed by atoms with Crippen molar-refractivity contribution in [2.24, 2.45) is 0 Å². The van der Waals surface area contributed by atoms with Crippen LogP contribution in [-0.2, 0) is 9.53 Å². The number of esters is 1. The Labute approximate surface area is 83.4 Å². The lowest BCUT2D eigenvalue weighted by molar-refractivity contribution is -0.139. The lowest BCUT2D eigenvalue weighted by Crippen LogP contribution is -1.96. The van der Waals surface area contributed by atoms with Gasteiger partial charge in [-0.05, 0) is 24.6 Å². The third kappa shape index (κ3) is 3.01. The number of pyridine rings is 1. The van der Waals surface area contributed by atoms with Crippen LogP contribution in [0.25, 0.3) is 6.08 Å². The van der Waals surface area contributed by atoms with Gasteiger partial charge in [-0.1, -0.05) is 12.1 Å². The fourth-order valence-corrected chi connectivity index (χ4v) is 1.02. The van der Waals surface area contributed by atoms with Crippen molar-refractivity contribution >= 4 is 12.0 Å².